The van der Waals surface area contributed by atoms with E-state index < -0.39 is 35.0 Å². The zero-order valence-corrected chi connectivity index (χ0v) is 14.1. The van der Waals surface area contributed by atoms with Crippen molar-refractivity contribution in [1.29, 1.82) is 0 Å². The van der Waals surface area contributed by atoms with Crippen LogP contribution in [-0.4, -0.2) is 23.4 Å². The zero-order chi connectivity index (χ0) is 19.7. The molecule has 0 saturated heterocycles. The van der Waals surface area contributed by atoms with Gasteiger partial charge in [-0.15, -0.1) is 0 Å². The Labute approximate surface area is 152 Å². The SMILES string of the molecule is COC(=O)C1=C(N)Oc2c(oc(CO)cc2=O)[C@H]1c1ccccc1[NH+]([O-])O. The molecular weight excluding hydrogens is 360 g/mol. The van der Waals surface area contributed by atoms with Gasteiger partial charge in [0.1, 0.15) is 17.9 Å². The van der Waals surface area contributed by atoms with Crippen LogP contribution in [-0.2, 0) is 16.1 Å². The van der Waals surface area contributed by atoms with Gasteiger partial charge in [0.25, 0.3) is 0 Å². The molecule has 1 unspecified atom stereocenters. The average Bonchev–Trinajstić information content (AvgIpc) is 2.66. The molecule has 0 bridgehead atoms. The summed E-state index contributed by atoms with van der Waals surface area (Å²) in [7, 11) is 1.12. The van der Waals surface area contributed by atoms with Gasteiger partial charge < -0.3 is 29.9 Å². The average molecular weight is 376 g/mol. The summed E-state index contributed by atoms with van der Waals surface area (Å²) in [5.41, 5.74) is 5.02. The van der Waals surface area contributed by atoms with Crippen molar-refractivity contribution in [1.82, 2.24) is 0 Å². The van der Waals surface area contributed by atoms with Gasteiger partial charge in [-0.05, 0) is 0 Å². The van der Waals surface area contributed by atoms with Crippen LogP contribution in [0.5, 0.6) is 5.75 Å². The molecule has 10 nitrogen and oxygen atoms in total. The normalized spacial score (nSPS) is 17.1. The molecule has 1 aliphatic rings. The van der Waals surface area contributed by atoms with Crippen LogP contribution in [0, 0.1) is 5.21 Å². The predicted molar refractivity (Wildman–Crippen MR) is 88.8 cm³/mol. The molecule has 0 aliphatic carbocycles. The van der Waals surface area contributed by atoms with E-state index in [1.807, 2.05) is 0 Å². The number of esters is 1. The number of nitrogens with two attached hydrogens (primary N) is 1. The molecule has 0 radical (unpaired) electrons. The van der Waals surface area contributed by atoms with Crippen LogP contribution in [0.1, 0.15) is 23.0 Å². The van der Waals surface area contributed by atoms with E-state index in [0.29, 0.717) is 0 Å². The molecule has 0 amide bonds. The summed E-state index contributed by atoms with van der Waals surface area (Å²) in [6, 6.07) is 6.90. The molecule has 0 fully saturated rings. The monoisotopic (exact) mass is 376 g/mol. The van der Waals surface area contributed by atoms with Gasteiger partial charge in [0, 0.05) is 17.7 Å². The van der Waals surface area contributed by atoms with Crippen molar-refractivity contribution in [3.8, 4) is 5.75 Å². The van der Waals surface area contributed by atoms with Crippen LogP contribution in [0.3, 0.4) is 0 Å². The van der Waals surface area contributed by atoms with Crippen molar-refractivity contribution < 1.29 is 34.2 Å². The first-order chi connectivity index (χ1) is 12.9. The van der Waals surface area contributed by atoms with Crippen molar-refractivity contribution in [3.63, 3.8) is 0 Å². The standard InChI is InChI=1S/C17H16N2O8/c1-25-17(22)13-12(9-4-2-3-5-10(9)19(23)24)15-14(27-16(13)18)11(21)6-8(7-20)26-15/h2-6,12,19-20,23H,7,18H2,1H3/t12-/m0/s1. The summed E-state index contributed by atoms with van der Waals surface area (Å²) in [6.07, 6.45) is 0. The van der Waals surface area contributed by atoms with Gasteiger partial charge in [-0.3, -0.25) is 4.79 Å². The molecule has 0 spiro atoms. The number of rotatable bonds is 4. The Kier molecular flexibility index (Phi) is 4.97. The lowest BCUT2D eigenvalue weighted by Crippen LogP contribution is -2.99. The van der Waals surface area contributed by atoms with E-state index in [1.54, 1.807) is 6.07 Å². The molecule has 0 saturated carbocycles. The largest absolute Gasteiger partial charge is 0.595 e. The summed E-state index contributed by atoms with van der Waals surface area (Å²) in [5.74, 6) is -2.96. The van der Waals surface area contributed by atoms with Crippen molar-refractivity contribution in [2.45, 2.75) is 12.5 Å². The van der Waals surface area contributed by atoms with Gasteiger partial charge in [0.05, 0.1) is 13.0 Å². The Bertz CT molecular complexity index is 979. The van der Waals surface area contributed by atoms with E-state index in [0.717, 1.165) is 13.2 Å². The number of methoxy groups -OCH3 is 1. The molecule has 142 valence electrons. The first kappa shape index (κ1) is 18.6. The second-order valence-corrected chi connectivity index (χ2v) is 5.63. The minimum absolute atomic E-state index is 0.0788. The first-order valence-electron chi connectivity index (χ1n) is 7.74. The smallest absolute Gasteiger partial charge is 0.340 e. The number of carbonyl (C=O) groups is 1. The number of hydrogen-bond donors (Lipinski definition) is 4. The van der Waals surface area contributed by atoms with Crippen molar-refractivity contribution in [2.24, 2.45) is 5.73 Å². The van der Waals surface area contributed by atoms with Crippen molar-refractivity contribution >= 4 is 11.7 Å². The van der Waals surface area contributed by atoms with E-state index >= 15 is 0 Å². The highest BCUT2D eigenvalue weighted by Gasteiger charge is 2.41. The quantitative estimate of drug-likeness (QED) is 0.404. The summed E-state index contributed by atoms with van der Waals surface area (Å²) in [4.78, 5) is 24.7. The highest BCUT2D eigenvalue weighted by Crippen LogP contribution is 2.43. The lowest BCUT2D eigenvalue weighted by molar-refractivity contribution is -0.991. The van der Waals surface area contributed by atoms with Gasteiger partial charge in [0.2, 0.25) is 17.1 Å². The number of para-hydroxylation sites is 1. The highest BCUT2D eigenvalue weighted by molar-refractivity contribution is 5.92. The summed E-state index contributed by atoms with van der Waals surface area (Å²) in [5, 5.41) is 29.3. The van der Waals surface area contributed by atoms with Gasteiger partial charge >= 0.3 is 5.97 Å². The maximum Gasteiger partial charge on any atom is 0.340 e. The predicted octanol–water partition coefficient (Wildman–Crippen LogP) is -0.597. The fourth-order valence-corrected chi connectivity index (χ4v) is 2.93. The number of nitrogens with one attached hydrogen (secondary N) is 1. The molecule has 2 aromatic rings. The van der Waals surface area contributed by atoms with Crippen molar-refractivity contribution in [3.05, 3.63) is 74.3 Å². The van der Waals surface area contributed by atoms with Crippen LogP contribution < -0.4 is 21.1 Å². The Hall–Kier alpha value is -3.18. The number of aliphatic hydroxyl groups excluding tert-OH is 1. The van der Waals surface area contributed by atoms with E-state index in [-0.39, 0.29) is 34.1 Å². The van der Waals surface area contributed by atoms with E-state index in [1.165, 1.54) is 18.2 Å². The maximum atomic E-state index is 12.3. The minimum Gasteiger partial charge on any atom is -0.595 e. The molecule has 10 heteroatoms. The third-order valence-corrected chi connectivity index (χ3v) is 4.07. The van der Waals surface area contributed by atoms with Crippen LogP contribution in [0.2, 0.25) is 0 Å². The number of hydrogen-bond acceptors (Lipinski definition) is 9. The fourth-order valence-electron chi connectivity index (χ4n) is 2.93. The number of aliphatic hydroxyl groups is 1. The molecule has 1 aliphatic heterocycles. The van der Waals surface area contributed by atoms with Crippen molar-refractivity contribution in [2.75, 3.05) is 7.11 Å². The number of carbonyl (C=O) groups excluding carboxylic acids is 1. The maximum absolute atomic E-state index is 12.3. The topological polar surface area (TPSA) is 160 Å². The van der Waals surface area contributed by atoms with E-state index in [4.69, 9.17) is 19.6 Å². The molecule has 27 heavy (non-hydrogen) atoms. The van der Waals surface area contributed by atoms with Crippen LogP contribution >= 0.6 is 0 Å². The van der Waals surface area contributed by atoms with Crippen LogP contribution in [0.25, 0.3) is 0 Å². The zero-order valence-electron chi connectivity index (χ0n) is 14.1. The molecule has 5 N–H and O–H groups in total. The molecule has 2 heterocycles. The van der Waals surface area contributed by atoms with Gasteiger partial charge in [-0.2, -0.15) is 5.23 Å². The second-order valence-electron chi connectivity index (χ2n) is 5.63. The summed E-state index contributed by atoms with van der Waals surface area (Å²) >= 11 is 0. The van der Waals surface area contributed by atoms with Gasteiger partial charge in [0.15, 0.2) is 11.4 Å². The second kappa shape index (κ2) is 7.21. The minimum atomic E-state index is -1.25. The fraction of sp³-hybridized carbons (Fsp3) is 0.176. The van der Waals surface area contributed by atoms with Crippen LogP contribution in [0.4, 0.5) is 5.69 Å². The molecule has 1 aromatic carbocycles. The number of quaternary nitrogens is 1. The first-order valence-corrected chi connectivity index (χ1v) is 7.74. The highest BCUT2D eigenvalue weighted by atomic mass is 16.8. The van der Waals surface area contributed by atoms with Gasteiger partial charge in [-0.25, -0.2) is 10.0 Å². The van der Waals surface area contributed by atoms with E-state index in [9.17, 15) is 25.1 Å². The molecule has 3 rings (SSSR count). The molecule has 1 aromatic heterocycles. The summed E-state index contributed by atoms with van der Waals surface area (Å²) in [6.45, 7) is -0.581. The lowest BCUT2D eigenvalue weighted by atomic mass is 9.85. The lowest BCUT2D eigenvalue weighted by Gasteiger charge is -2.28. The van der Waals surface area contributed by atoms with Gasteiger partial charge in [-0.1, -0.05) is 18.2 Å². The number of fused-ring (bicyclic) bond motifs is 1. The Morgan fingerprint density at radius 3 is 2.74 bits per heavy atom. The third kappa shape index (κ3) is 3.17. The number of benzene rings is 1. The Morgan fingerprint density at radius 1 is 1.41 bits per heavy atom. The van der Waals surface area contributed by atoms with Crippen LogP contribution in [0.15, 0.2) is 51.0 Å². The number of ether oxygens (including phenoxy) is 2. The third-order valence-electron chi connectivity index (χ3n) is 4.07. The molecular formula is C17H16N2O8. The molecule has 2 atom stereocenters. The Balaban J connectivity index is 2.36. The Morgan fingerprint density at radius 2 is 2.11 bits per heavy atom. The van der Waals surface area contributed by atoms with E-state index in [2.05, 4.69) is 0 Å². The summed E-state index contributed by atoms with van der Waals surface area (Å²) < 4.78 is 15.6.